The van der Waals surface area contributed by atoms with Crippen LogP contribution in [0.4, 0.5) is 19.0 Å². The van der Waals surface area contributed by atoms with E-state index in [1.165, 1.54) is 17.7 Å². The first-order chi connectivity index (χ1) is 20.0. The van der Waals surface area contributed by atoms with Crippen LogP contribution in [0.25, 0.3) is 11.1 Å². The van der Waals surface area contributed by atoms with Crippen LogP contribution in [0.1, 0.15) is 48.2 Å². The molecule has 5 rings (SSSR count). The number of aromatic nitrogens is 1. The fourth-order valence-electron chi connectivity index (χ4n) is 5.85. The first kappa shape index (κ1) is 29.8. The Bertz CT molecular complexity index is 1350. The van der Waals surface area contributed by atoms with Gasteiger partial charge in [-0.05, 0) is 80.1 Å². The van der Waals surface area contributed by atoms with E-state index in [4.69, 9.17) is 9.72 Å². The molecule has 2 fully saturated rings. The van der Waals surface area contributed by atoms with E-state index >= 15 is 0 Å². The van der Waals surface area contributed by atoms with E-state index in [-0.39, 0.29) is 29.9 Å². The number of morpholine rings is 1. The molecular weight excluding hydrogens is 545 g/mol. The number of rotatable bonds is 7. The van der Waals surface area contributed by atoms with Gasteiger partial charge in [-0.15, -0.1) is 13.2 Å². The Labute approximate surface area is 244 Å². The molecule has 1 aromatic heterocycles. The van der Waals surface area contributed by atoms with Crippen LogP contribution in [0.3, 0.4) is 0 Å². The van der Waals surface area contributed by atoms with Crippen LogP contribution < -0.4 is 15.0 Å². The molecule has 7 nitrogen and oxygen atoms in total. The minimum Gasteiger partial charge on any atom is -0.406 e. The zero-order valence-electron chi connectivity index (χ0n) is 24.2. The number of ether oxygens (including phenoxy) is 2. The molecule has 0 bridgehead atoms. The summed E-state index contributed by atoms with van der Waals surface area (Å²) < 4.78 is 47.3. The number of carbonyl (C=O) groups excluding carboxylic acids is 1. The van der Waals surface area contributed by atoms with Gasteiger partial charge in [-0.3, -0.25) is 9.69 Å². The van der Waals surface area contributed by atoms with Gasteiger partial charge in [0.15, 0.2) is 0 Å². The molecule has 2 saturated heterocycles. The zero-order chi connectivity index (χ0) is 29.9. The summed E-state index contributed by atoms with van der Waals surface area (Å²) in [7, 11) is 0. The normalized spacial score (nSPS) is 20.4. The molecule has 42 heavy (non-hydrogen) atoms. The largest absolute Gasteiger partial charge is 0.573 e. The molecule has 10 heteroatoms. The summed E-state index contributed by atoms with van der Waals surface area (Å²) in [4.78, 5) is 22.6. The SMILES string of the molecule is Cc1c(C(=O)NC2CCN(Cc3ccc(N4CC(C)OC(C)C4)nc3)CC2)cccc1-c1ccc(OC(F)(F)F)cc1. The average Bonchev–Trinajstić information content (AvgIpc) is 2.94. The Hall–Kier alpha value is -3.63. The minimum atomic E-state index is -4.74. The number of pyridine rings is 1. The maximum atomic E-state index is 13.2. The molecule has 0 saturated carbocycles. The lowest BCUT2D eigenvalue weighted by atomic mass is 9.95. The maximum absolute atomic E-state index is 13.2. The number of hydrogen-bond acceptors (Lipinski definition) is 6. The van der Waals surface area contributed by atoms with Gasteiger partial charge in [0.1, 0.15) is 11.6 Å². The number of nitrogens with one attached hydrogen (secondary N) is 1. The lowest BCUT2D eigenvalue weighted by Crippen LogP contribution is -2.45. The number of hydrogen-bond donors (Lipinski definition) is 1. The summed E-state index contributed by atoms with van der Waals surface area (Å²) in [5, 5.41) is 3.19. The van der Waals surface area contributed by atoms with Crippen molar-refractivity contribution >= 4 is 11.7 Å². The molecule has 3 heterocycles. The number of anilines is 1. The van der Waals surface area contributed by atoms with E-state index in [9.17, 15) is 18.0 Å². The third-order valence-corrected chi connectivity index (χ3v) is 7.86. The van der Waals surface area contributed by atoms with Gasteiger partial charge in [0.2, 0.25) is 0 Å². The lowest BCUT2D eigenvalue weighted by molar-refractivity contribution is -0.274. The number of nitrogens with zero attached hydrogens (tertiary/aromatic N) is 3. The predicted octanol–water partition coefficient (Wildman–Crippen LogP) is 5.96. The summed E-state index contributed by atoms with van der Waals surface area (Å²) >= 11 is 0. The third-order valence-electron chi connectivity index (χ3n) is 7.86. The van der Waals surface area contributed by atoms with E-state index in [1.807, 2.05) is 19.2 Å². The van der Waals surface area contributed by atoms with E-state index in [2.05, 4.69) is 45.8 Å². The monoisotopic (exact) mass is 582 g/mol. The second kappa shape index (κ2) is 12.7. The Kier molecular flexibility index (Phi) is 9.03. The van der Waals surface area contributed by atoms with Gasteiger partial charge < -0.3 is 19.7 Å². The maximum Gasteiger partial charge on any atom is 0.573 e. The van der Waals surface area contributed by atoms with Crippen molar-refractivity contribution in [2.24, 2.45) is 0 Å². The molecular formula is C32H37F3N4O3. The molecule has 3 aromatic rings. The summed E-state index contributed by atoms with van der Waals surface area (Å²) in [6.07, 6.45) is -0.712. The highest BCUT2D eigenvalue weighted by Gasteiger charge is 2.31. The fraction of sp³-hybridized carbons (Fsp3) is 0.438. The van der Waals surface area contributed by atoms with Gasteiger partial charge in [0.05, 0.1) is 12.2 Å². The van der Waals surface area contributed by atoms with Gasteiger partial charge >= 0.3 is 6.36 Å². The summed E-state index contributed by atoms with van der Waals surface area (Å²) in [5.74, 6) is 0.556. The predicted molar refractivity (Wildman–Crippen MR) is 156 cm³/mol. The standard InChI is InChI=1S/C32H37F3N4O3/c1-21-18-39(19-22(2)41-21)30-12-7-24(17-36-30)20-38-15-13-26(14-16-38)37-31(40)29-6-4-5-28(23(29)3)25-8-10-27(11-9-25)42-32(33,34)35/h4-12,17,21-22,26H,13-16,18-20H2,1-3H3,(H,37,40). The molecule has 2 aliphatic heterocycles. The fourth-order valence-corrected chi connectivity index (χ4v) is 5.85. The second-order valence-corrected chi connectivity index (χ2v) is 11.3. The van der Waals surface area contributed by atoms with E-state index in [1.54, 1.807) is 24.3 Å². The number of piperidine rings is 1. The Morgan fingerprint density at radius 3 is 2.33 bits per heavy atom. The highest BCUT2D eigenvalue weighted by atomic mass is 19.4. The summed E-state index contributed by atoms with van der Waals surface area (Å²) in [5.41, 5.74) is 3.99. The van der Waals surface area contributed by atoms with Gasteiger partial charge in [0.25, 0.3) is 5.91 Å². The topological polar surface area (TPSA) is 66.9 Å². The molecule has 2 unspecified atom stereocenters. The molecule has 1 N–H and O–H groups in total. The van der Waals surface area contributed by atoms with Gasteiger partial charge in [-0.2, -0.15) is 0 Å². The smallest absolute Gasteiger partial charge is 0.406 e. The van der Waals surface area contributed by atoms with Crippen LogP contribution in [0.5, 0.6) is 5.75 Å². The molecule has 2 aliphatic rings. The van der Waals surface area contributed by atoms with E-state index in [0.717, 1.165) is 62.5 Å². The number of halogens is 3. The van der Waals surface area contributed by atoms with Crippen molar-refractivity contribution < 1.29 is 27.4 Å². The van der Waals surface area contributed by atoms with Gasteiger partial charge in [0, 0.05) is 50.5 Å². The number of amides is 1. The van der Waals surface area contributed by atoms with Gasteiger partial charge in [-0.1, -0.05) is 30.3 Å². The van der Waals surface area contributed by atoms with Crippen molar-refractivity contribution in [2.75, 3.05) is 31.1 Å². The van der Waals surface area contributed by atoms with Crippen LogP contribution in [0.15, 0.2) is 60.8 Å². The second-order valence-electron chi connectivity index (χ2n) is 11.3. The number of likely N-dealkylation sites (tertiary alicyclic amines) is 1. The highest BCUT2D eigenvalue weighted by Crippen LogP contribution is 2.30. The third kappa shape index (κ3) is 7.60. The highest BCUT2D eigenvalue weighted by molar-refractivity contribution is 5.97. The molecule has 224 valence electrons. The van der Waals surface area contributed by atoms with Crippen molar-refractivity contribution in [2.45, 2.75) is 64.8 Å². The van der Waals surface area contributed by atoms with Crippen LogP contribution >= 0.6 is 0 Å². The number of carbonyl (C=O) groups is 1. The van der Waals surface area contributed by atoms with Crippen LogP contribution in [0, 0.1) is 6.92 Å². The van der Waals surface area contributed by atoms with Crippen molar-refractivity contribution in [1.29, 1.82) is 0 Å². The Balaban J connectivity index is 1.13. The summed E-state index contributed by atoms with van der Waals surface area (Å²) in [6.45, 7) is 10.3. The first-order valence-electron chi connectivity index (χ1n) is 14.4. The Morgan fingerprint density at radius 1 is 1.02 bits per heavy atom. The van der Waals surface area contributed by atoms with Crippen molar-refractivity contribution in [3.05, 3.63) is 77.5 Å². The number of alkyl halides is 3. The lowest BCUT2D eigenvalue weighted by Gasteiger charge is -2.36. The van der Waals surface area contributed by atoms with Crippen molar-refractivity contribution in [3.8, 4) is 16.9 Å². The van der Waals surface area contributed by atoms with Crippen LogP contribution in [0.2, 0.25) is 0 Å². The molecule has 0 aliphatic carbocycles. The van der Waals surface area contributed by atoms with E-state index < -0.39 is 6.36 Å². The molecule has 0 radical (unpaired) electrons. The van der Waals surface area contributed by atoms with Crippen molar-refractivity contribution in [1.82, 2.24) is 15.2 Å². The summed E-state index contributed by atoms with van der Waals surface area (Å²) in [6, 6.07) is 15.4. The Morgan fingerprint density at radius 2 is 1.71 bits per heavy atom. The molecule has 1 amide bonds. The quantitative estimate of drug-likeness (QED) is 0.371. The first-order valence-corrected chi connectivity index (χ1v) is 14.4. The van der Waals surface area contributed by atoms with Crippen LogP contribution in [-0.2, 0) is 11.3 Å². The minimum absolute atomic E-state index is 0.0707. The van der Waals surface area contributed by atoms with Crippen LogP contribution in [-0.4, -0.2) is 66.6 Å². The molecule has 2 atom stereocenters. The van der Waals surface area contributed by atoms with E-state index in [0.29, 0.717) is 11.1 Å². The average molecular weight is 583 g/mol. The van der Waals surface area contributed by atoms with Gasteiger partial charge in [-0.25, -0.2) is 4.98 Å². The number of benzene rings is 2. The van der Waals surface area contributed by atoms with Crippen molar-refractivity contribution in [3.63, 3.8) is 0 Å². The zero-order valence-corrected chi connectivity index (χ0v) is 24.2. The molecule has 2 aromatic carbocycles. The molecule has 0 spiro atoms.